The summed E-state index contributed by atoms with van der Waals surface area (Å²) >= 11 is 3.47. The van der Waals surface area contributed by atoms with Crippen LogP contribution in [0.25, 0.3) is 0 Å². The Kier molecular flexibility index (Phi) is 3.82. The standard InChI is InChI=1S/C15H22BrN/c1-11-8-14(10-15(2,3)9-11)17-13-6-4-12(16)5-7-13/h4-7,11,14,17H,8-10H2,1-3H3. The first kappa shape index (κ1) is 12.9. The molecule has 2 heteroatoms. The monoisotopic (exact) mass is 295 g/mol. The van der Waals surface area contributed by atoms with Crippen LogP contribution in [0.1, 0.15) is 40.0 Å². The molecule has 2 rings (SSSR count). The highest BCUT2D eigenvalue weighted by Crippen LogP contribution is 2.39. The van der Waals surface area contributed by atoms with Crippen LogP contribution in [0.3, 0.4) is 0 Å². The summed E-state index contributed by atoms with van der Waals surface area (Å²) in [7, 11) is 0. The van der Waals surface area contributed by atoms with Crippen LogP contribution in [0.5, 0.6) is 0 Å². The number of benzene rings is 1. The summed E-state index contributed by atoms with van der Waals surface area (Å²) in [5.41, 5.74) is 1.72. The van der Waals surface area contributed by atoms with E-state index in [9.17, 15) is 0 Å². The van der Waals surface area contributed by atoms with Gasteiger partial charge in [0, 0.05) is 16.2 Å². The fourth-order valence-corrected chi connectivity index (χ4v) is 3.50. The summed E-state index contributed by atoms with van der Waals surface area (Å²) in [5.74, 6) is 0.826. The van der Waals surface area contributed by atoms with E-state index in [0.717, 1.165) is 10.4 Å². The first-order valence-corrected chi connectivity index (χ1v) is 7.26. The maximum atomic E-state index is 3.67. The van der Waals surface area contributed by atoms with Crippen LogP contribution in [0.15, 0.2) is 28.7 Å². The van der Waals surface area contributed by atoms with E-state index < -0.39 is 0 Å². The zero-order valence-corrected chi connectivity index (χ0v) is 12.5. The van der Waals surface area contributed by atoms with Crippen LogP contribution in [-0.2, 0) is 0 Å². The van der Waals surface area contributed by atoms with Gasteiger partial charge in [0.15, 0.2) is 0 Å². The summed E-state index contributed by atoms with van der Waals surface area (Å²) in [6.45, 7) is 7.15. The van der Waals surface area contributed by atoms with Crippen molar-refractivity contribution in [2.75, 3.05) is 5.32 Å². The maximum Gasteiger partial charge on any atom is 0.0343 e. The molecule has 0 aliphatic heterocycles. The summed E-state index contributed by atoms with van der Waals surface area (Å²) in [5, 5.41) is 3.67. The predicted octanol–water partition coefficient (Wildman–Crippen LogP) is 5.08. The van der Waals surface area contributed by atoms with Gasteiger partial charge in [-0.15, -0.1) is 0 Å². The Balaban J connectivity index is 2.01. The summed E-state index contributed by atoms with van der Waals surface area (Å²) in [4.78, 5) is 0. The van der Waals surface area contributed by atoms with E-state index >= 15 is 0 Å². The van der Waals surface area contributed by atoms with Crippen LogP contribution in [0, 0.1) is 11.3 Å². The average molecular weight is 296 g/mol. The van der Waals surface area contributed by atoms with E-state index in [0.29, 0.717) is 11.5 Å². The van der Waals surface area contributed by atoms with Crippen molar-refractivity contribution < 1.29 is 0 Å². The fourth-order valence-electron chi connectivity index (χ4n) is 3.24. The topological polar surface area (TPSA) is 12.0 Å². The molecule has 1 aliphatic carbocycles. The van der Waals surface area contributed by atoms with Crippen molar-refractivity contribution in [1.29, 1.82) is 0 Å². The van der Waals surface area contributed by atoms with Crippen molar-refractivity contribution in [3.05, 3.63) is 28.7 Å². The Labute approximate surface area is 113 Å². The Hall–Kier alpha value is -0.500. The number of rotatable bonds is 2. The van der Waals surface area contributed by atoms with Gasteiger partial charge in [-0.1, -0.05) is 36.7 Å². The molecule has 0 heterocycles. The second-order valence-corrected chi connectivity index (χ2v) is 7.18. The number of nitrogens with one attached hydrogen (secondary N) is 1. The van der Waals surface area contributed by atoms with Gasteiger partial charge >= 0.3 is 0 Å². The number of hydrogen-bond donors (Lipinski definition) is 1. The molecule has 1 saturated carbocycles. The van der Waals surface area contributed by atoms with E-state index in [1.165, 1.54) is 24.9 Å². The van der Waals surface area contributed by atoms with E-state index in [2.05, 4.69) is 66.3 Å². The lowest BCUT2D eigenvalue weighted by Gasteiger charge is -2.39. The third kappa shape index (κ3) is 3.74. The van der Waals surface area contributed by atoms with Crippen LogP contribution in [-0.4, -0.2) is 6.04 Å². The highest BCUT2D eigenvalue weighted by atomic mass is 79.9. The molecule has 17 heavy (non-hydrogen) atoms. The minimum Gasteiger partial charge on any atom is -0.382 e. The molecule has 0 saturated heterocycles. The predicted molar refractivity (Wildman–Crippen MR) is 78.3 cm³/mol. The number of anilines is 1. The van der Waals surface area contributed by atoms with Gasteiger partial charge in [0.1, 0.15) is 0 Å². The smallest absolute Gasteiger partial charge is 0.0343 e. The molecule has 0 bridgehead atoms. The van der Waals surface area contributed by atoms with Crippen LogP contribution < -0.4 is 5.32 Å². The van der Waals surface area contributed by atoms with Gasteiger partial charge in [0.05, 0.1) is 0 Å². The van der Waals surface area contributed by atoms with Crippen molar-refractivity contribution in [3.63, 3.8) is 0 Å². The SMILES string of the molecule is CC1CC(Nc2ccc(Br)cc2)CC(C)(C)C1. The third-order valence-electron chi connectivity index (χ3n) is 3.60. The van der Waals surface area contributed by atoms with Gasteiger partial charge in [0.25, 0.3) is 0 Å². The second-order valence-electron chi connectivity index (χ2n) is 6.26. The Morgan fingerprint density at radius 3 is 2.41 bits per heavy atom. The molecule has 1 aliphatic rings. The quantitative estimate of drug-likeness (QED) is 0.803. The van der Waals surface area contributed by atoms with Crippen LogP contribution in [0.2, 0.25) is 0 Å². The van der Waals surface area contributed by atoms with Gasteiger partial charge in [-0.3, -0.25) is 0 Å². The summed E-state index contributed by atoms with van der Waals surface area (Å²) < 4.78 is 1.14. The molecule has 1 aromatic carbocycles. The summed E-state index contributed by atoms with van der Waals surface area (Å²) in [6, 6.07) is 9.11. The summed E-state index contributed by atoms with van der Waals surface area (Å²) in [6.07, 6.45) is 3.92. The van der Waals surface area contributed by atoms with Gasteiger partial charge in [0.2, 0.25) is 0 Å². The first-order chi connectivity index (χ1) is 7.94. The molecular formula is C15H22BrN. The zero-order chi connectivity index (χ0) is 12.5. The Morgan fingerprint density at radius 2 is 1.82 bits per heavy atom. The van der Waals surface area contributed by atoms with Crippen molar-refractivity contribution >= 4 is 21.6 Å². The first-order valence-electron chi connectivity index (χ1n) is 6.47. The van der Waals surface area contributed by atoms with Crippen molar-refractivity contribution in [2.45, 2.75) is 46.1 Å². The number of hydrogen-bond acceptors (Lipinski definition) is 1. The molecule has 1 aromatic rings. The van der Waals surface area contributed by atoms with Gasteiger partial charge in [-0.05, 0) is 54.9 Å². The van der Waals surface area contributed by atoms with E-state index in [-0.39, 0.29) is 0 Å². The van der Waals surface area contributed by atoms with Gasteiger partial charge in [-0.25, -0.2) is 0 Å². The molecular weight excluding hydrogens is 274 g/mol. The fraction of sp³-hybridized carbons (Fsp3) is 0.600. The normalized spacial score (nSPS) is 27.8. The third-order valence-corrected chi connectivity index (χ3v) is 4.13. The molecule has 2 unspecified atom stereocenters. The molecule has 0 aromatic heterocycles. The molecule has 1 fully saturated rings. The van der Waals surface area contributed by atoms with E-state index in [1.807, 2.05) is 0 Å². The Morgan fingerprint density at radius 1 is 1.18 bits per heavy atom. The molecule has 0 radical (unpaired) electrons. The van der Waals surface area contributed by atoms with Crippen molar-refractivity contribution in [3.8, 4) is 0 Å². The number of halogens is 1. The van der Waals surface area contributed by atoms with Crippen LogP contribution in [0.4, 0.5) is 5.69 Å². The van der Waals surface area contributed by atoms with Crippen molar-refractivity contribution in [2.24, 2.45) is 11.3 Å². The minimum atomic E-state index is 0.477. The molecule has 94 valence electrons. The van der Waals surface area contributed by atoms with Crippen LogP contribution >= 0.6 is 15.9 Å². The van der Waals surface area contributed by atoms with Gasteiger partial charge in [-0.2, -0.15) is 0 Å². The second kappa shape index (κ2) is 5.01. The largest absolute Gasteiger partial charge is 0.382 e. The molecule has 1 N–H and O–H groups in total. The lowest BCUT2D eigenvalue weighted by atomic mass is 9.70. The lowest BCUT2D eigenvalue weighted by molar-refractivity contribution is 0.178. The molecule has 0 spiro atoms. The van der Waals surface area contributed by atoms with Crippen molar-refractivity contribution in [1.82, 2.24) is 0 Å². The molecule has 0 amide bonds. The highest BCUT2D eigenvalue weighted by Gasteiger charge is 2.31. The molecule has 2 atom stereocenters. The van der Waals surface area contributed by atoms with E-state index in [4.69, 9.17) is 0 Å². The van der Waals surface area contributed by atoms with E-state index in [1.54, 1.807) is 0 Å². The molecule has 1 nitrogen and oxygen atoms in total. The maximum absolute atomic E-state index is 3.67. The zero-order valence-electron chi connectivity index (χ0n) is 11.0. The Bertz CT molecular complexity index is 369. The highest BCUT2D eigenvalue weighted by molar-refractivity contribution is 9.10. The minimum absolute atomic E-state index is 0.477. The lowest BCUT2D eigenvalue weighted by Crippen LogP contribution is -2.35. The average Bonchev–Trinajstić information content (AvgIpc) is 2.18. The van der Waals surface area contributed by atoms with Gasteiger partial charge < -0.3 is 5.32 Å².